The van der Waals surface area contributed by atoms with E-state index in [2.05, 4.69) is 20.8 Å². The van der Waals surface area contributed by atoms with E-state index < -0.39 is 10.8 Å². The summed E-state index contributed by atoms with van der Waals surface area (Å²) in [7, 11) is 0. The highest BCUT2D eigenvalue weighted by Gasteiger charge is 2.28. The fraction of sp³-hybridized carbons (Fsp3) is 0.0800. The zero-order chi connectivity index (χ0) is 24.6. The van der Waals surface area contributed by atoms with Crippen LogP contribution in [0.25, 0.3) is 0 Å². The molecule has 4 aromatic rings. The van der Waals surface area contributed by atoms with Crippen LogP contribution in [0.15, 0.2) is 91.3 Å². The zero-order valence-electron chi connectivity index (χ0n) is 18.5. The van der Waals surface area contributed by atoms with Crippen molar-refractivity contribution in [1.29, 1.82) is 0 Å². The van der Waals surface area contributed by atoms with Crippen LogP contribution in [-0.2, 0) is 13.1 Å². The number of carbonyl (C=O) groups is 1. The van der Waals surface area contributed by atoms with Gasteiger partial charge in [0.25, 0.3) is 5.91 Å². The lowest BCUT2D eigenvalue weighted by atomic mass is 10.1. The summed E-state index contributed by atoms with van der Waals surface area (Å²) in [5, 5.41) is 12.6. The molecule has 0 aliphatic heterocycles. The maximum absolute atomic E-state index is 12.5. The van der Waals surface area contributed by atoms with E-state index in [9.17, 15) is 14.9 Å². The number of hydrogen-bond acceptors (Lipinski definition) is 7. The molecule has 1 amide bonds. The molecule has 0 saturated carbocycles. The van der Waals surface area contributed by atoms with E-state index in [1.165, 1.54) is 6.33 Å². The van der Waals surface area contributed by atoms with Gasteiger partial charge in [0, 0.05) is 23.7 Å². The second-order valence-electron chi connectivity index (χ2n) is 7.56. The van der Waals surface area contributed by atoms with Crippen LogP contribution in [0.3, 0.4) is 0 Å². The van der Waals surface area contributed by atoms with Crippen LogP contribution in [0.4, 0.5) is 17.3 Å². The van der Waals surface area contributed by atoms with Crippen LogP contribution in [0, 0.1) is 10.1 Å². The highest BCUT2D eigenvalue weighted by Crippen LogP contribution is 2.33. The Morgan fingerprint density at radius 1 is 0.886 bits per heavy atom. The quantitative estimate of drug-likeness (QED) is 0.251. The largest absolute Gasteiger partial charge is 0.355 e. The number of anilines is 2. The molecule has 3 aromatic carbocycles. The van der Waals surface area contributed by atoms with Crippen molar-refractivity contribution < 1.29 is 9.72 Å². The van der Waals surface area contributed by atoms with Gasteiger partial charge in [-0.1, -0.05) is 72.3 Å². The molecule has 0 atom stereocenters. The Balaban J connectivity index is 1.65. The van der Waals surface area contributed by atoms with E-state index >= 15 is 0 Å². The number of halogens is 1. The predicted octanol–water partition coefficient (Wildman–Crippen LogP) is 5.00. The molecular weight excluding hydrogens is 468 g/mol. The van der Waals surface area contributed by atoms with Crippen LogP contribution in [-0.4, -0.2) is 20.8 Å². The third-order valence-electron chi connectivity index (χ3n) is 5.12. The topological polar surface area (TPSA) is 113 Å². The number of benzene rings is 3. The van der Waals surface area contributed by atoms with Gasteiger partial charge in [-0.3, -0.25) is 25.8 Å². The number of rotatable bonds is 9. The van der Waals surface area contributed by atoms with E-state index in [0.29, 0.717) is 23.7 Å². The first kappa shape index (κ1) is 23.7. The standard InChI is InChI=1S/C25H21ClN6O3/c26-21-13-11-20(12-14-21)25(33)30-29-23-22(32(34)35)24(28-17-27-23)31(15-18-7-3-1-4-8-18)16-19-9-5-2-6-10-19/h1-14,17H,15-16H2,(H,30,33)(H,27,28,29). The van der Waals surface area contributed by atoms with Crippen molar-refractivity contribution in [2.75, 3.05) is 10.3 Å². The molecule has 1 heterocycles. The molecule has 0 aliphatic rings. The minimum atomic E-state index is -0.560. The normalized spacial score (nSPS) is 10.4. The number of nitro groups is 1. The number of nitrogens with zero attached hydrogens (tertiary/aromatic N) is 4. The minimum Gasteiger partial charge on any atom is -0.342 e. The molecule has 35 heavy (non-hydrogen) atoms. The Labute approximate surface area is 206 Å². The molecular formula is C25H21ClN6O3. The van der Waals surface area contributed by atoms with Gasteiger partial charge in [-0.15, -0.1) is 0 Å². The molecule has 1 aromatic heterocycles. The lowest BCUT2D eigenvalue weighted by Gasteiger charge is -2.24. The summed E-state index contributed by atoms with van der Waals surface area (Å²) >= 11 is 5.86. The summed E-state index contributed by atoms with van der Waals surface area (Å²) in [4.78, 5) is 34.1. The maximum atomic E-state index is 12.5. The second-order valence-corrected chi connectivity index (χ2v) is 8.00. The summed E-state index contributed by atoms with van der Waals surface area (Å²) in [6.45, 7) is 0.758. The highest BCUT2D eigenvalue weighted by atomic mass is 35.5. The van der Waals surface area contributed by atoms with Gasteiger partial charge in [0.15, 0.2) is 0 Å². The second kappa shape index (κ2) is 11.1. The number of carbonyl (C=O) groups excluding carboxylic acids is 1. The first-order valence-corrected chi connectivity index (χ1v) is 11.0. The molecule has 0 unspecified atom stereocenters. The van der Waals surface area contributed by atoms with Crippen LogP contribution in [0.5, 0.6) is 0 Å². The molecule has 0 radical (unpaired) electrons. The molecule has 4 rings (SSSR count). The van der Waals surface area contributed by atoms with Crippen LogP contribution in [0.2, 0.25) is 5.02 Å². The third kappa shape index (κ3) is 6.10. The number of hydrogen-bond donors (Lipinski definition) is 2. The molecule has 0 spiro atoms. The van der Waals surface area contributed by atoms with Crippen molar-refractivity contribution in [2.45, 2.75) is 13.1 Å². The van der Waals surface area contributed by atoms with E-state index in [1.807, 2.05) is 60.7 Å². The Kier molecular flexibility index (Phi) is 7.49. The SMILES string of the molecule is O=C(NNc1ncnc(N(Cc2ccccc2)Cc2ccccc2)c1[N+](=O)[O-])c1ccc(Cl)cc1. The van der Waals surface area contributed by atoms with Crippen LogP contribution < -0.4 is 15.8 Å². The Morgan fingerprint density at radius 2 is 1.46 bits per heavy atom. The minimum absolute atomic E-state index is 0.126. The maximum Gasteiger partial charge on any atom is 0.355 e. The van der Waals surface area contributed by atoms with E-state index in [-0.39, 0.29) is 17.3 Å². The van der Waals surface area contributed by atoms with Crippen LogP contribution in [0.1, 0.15) is 21.5 Å². The van der Waals surface area contributed by atoms with Gasteiger partial charge >= 0.3 is 5.69 Å². The van der Waals surface area contributed by atoms with Crippen molar-refractivity contribution in [3.05, 3.63) is 123 Å². The third-order valence-corrected chi connectivity index (χ3v) is 5.37. The zero-order valence-corrected chi connectivity index (χ0v) is 19.2. The predicted molar refractivity (Wildman–Crippen MR) is 134 cm³/mol. The van der Waals surface area contributed by atoms with Gasteiger partial charge in [0.05, 0.1) is 4.92 Å². The van der Waals surface area contributed by atoms with Crippen molar-refractivity contribution >= 4 is 34.8 Å². The highest BCUT2D eigenvalue weighted by molar-refractivity contribution is 6.30. The Morgan fingerprint density at radius 3 is 2.00 bits per heavy atom. The number of amides is 1. The smallest absolute Gasteiger partial charge is 0.342 e. The molecule has 2 N–H and O–H groups in total. The summed E-state index contributed by atoms with van der Waals surface area (Å²) in [6.07, 6.45) is 1.22. The van der Waals surface area contributed by atoms with Gasteiger partial charge < -0.3 is 4.90 Å². The first-order valence-electron chi connectivity index (χ1n) is 10.7. The molecule has 9 nitrogen and oxygen atoms in total. The van der Waals surface area contributed by atoms with Gasteiger partial charge in [-0.2, -0.15) is 0 Å². The van der Waals surface area contributed by atoms with Crippen LogP contribution >= 0.6 is 11.6 Å². The molecule has 0 saturated heterocycles. The molecule has 10 heteroatoms. The molecule has 176 valence electrons. The molecule has 0 fully saturated rings. The lowest BCUT2D eigenvalue weighted by Crippen LogP contribution is -2.31. The summed E-state index contributed by atoms with van der Waals surface area (Å²) in [5.74, 6) is -0.504. The average Bonchev–Trinajstić information content (AvgIpc) is 2.88. The van der Waals surface area contributed by atoms with Gasteiger partial charge in [0.2, 0.25) is 11.6 Å². The van der Waals surface area contributed by atoms with Crippen molar-refractivity contribution in [3.8, 4) is 0 Å². The fourth-order valence-corrected chi connectivity index (χ4v) is 3.59. The first-order chi connectivity index (χ1) is 17.0. The number of aromatic nitrogens is 2. The van der Waals surface area contributed by atoms with Crippen molar-refractivity contribution in [2.24, 2.45) is 0 Å². The Bertz CT molecular complexity index is 1260. The van der Waals surface area contributed by atoms with Gasteiger partial charge in [-0.25, -0.2) is 9.97 Å². The Hall–Kier alpha value is -4.50. The van der Waals surface area contributed by atoms with E-state index in [4.69, 9.17) is 11.6 Å². The molecule has 0 aliphatic carbocycles. The fourth-order valence-electron chi connectivity index (χ4n) is 3.46. The molecule has 0 bridgehead atoms. The number of hydrazine groups is 1. The summed E-state index contributed by atoms with van der Waals surface area (Å²) in [6, 6.07) is 25.4. The van der Waals surface area contributed by atoms with E-state index in [0.717, 1.165) is 11.1 Å². The average molecular weight is 489 g/mol. The monoisotopic (exact) mass is 488 g/mol. The number of nitrogens with one attached hydrogen (secondary N) is 2. The van der Waals surface area contributed by atoms with Crippen molar-refractivity contribution in [3.63, 3.8) is 0 Å². The van der Waals surface area contributed by atoms with E-state index in [1.54, 1.807) is 29.2 Å². The van der Waals surface area contributed by atoms with Gasteiger partial charge in [-0.05, 0) is 35.4 Å². The lowest BCUT2D eigenvalue weighted by molar-refractivity contribution is -0.383. The van der Waals surface area contributed by atoms with Crippen molar-refractivity contribution in [1.82, 2.24) is 15.4 Å². The van der Waals surface area contributed by atoms with Gasteiger partial charge in [0.1, 0.15) is 6.33 Å². The summed E-state index contributed by atoms with van der Waals surface area (Å²) < 4.78 is 0. The summed E-state index contributed by atoms with van der Waals surface area (Å²) in [5.41, 5.74) is 6.93.